The molecule has 1 fully saturated rings. The summed E-state index contributed by atoms with van der Waals surface area (Å²) in [6.07, 6.45) is -0.601. The van der Waals surface area contributed by atoms with Gasteiger partial charge in [0.2, 0.25) is 5.91 Å². The second-order valence-electron chi connectivity index (χ2n) is 8.95. The van der Waals surface area contributed by atoms with Gasteiger partial charge in [-0.2, -0.15) is 0 Å². The molecule has 178 valence electrons. The van der Waals surface area contributed by atoms with Crippen molar-refractivity contribution >= 4 is 12.0 Å². The van der Waals surface area contributed by atoms with Crippen LogP contribution in [0.25, 0.3) is 0 Å². The molecule has 1 aliphatic rings. The van der Waals surface area contributed by atoms with Crippen LogP contribution in [0.3, 0.4) is 0 Å². The van der Waals surface area contributed by atoms with E-state index in [4.69, 9.17) is 14.2 Å². The van der Waals surface area contributed by atoms with Crippen molar-refractivity contribution in [1.29, 1.82) is 0 Å². The molecule has 0 saturated carbocycles. The van der Waals surface area contributed by atoms with E-state index in [1.807, 2.05) is 52.0 Å². The fraction of sp³-hybridized carbons (Fsp3) is 0.600. The molecular formula is C25H37NO6. The highest BCUT2D eigenvalue weighted by atomic mass is 16.6. The Morgan fingerprint density at radius 2 is 1.88 bits per heavy atom. The second-order valence-corrected chi connectivity index (χ2v) is 8.95. The maximum Gasteiger partial charge on any atom is 0.416 e. The predicted molar refractivity (Wildman–Crippen MR) is 122 cm³/mol. The summed E-state index contributed by atoms with van der Waals surface area (Å²) in [6, 6.07) is 7.14. The van der Waals surface area contributed by atoms with E-state index in [9.17, 15) is 14.7 Å². The Morgan fingerprint density at radius 1 is 1.25 bits per heavy atom. The standard InChI is InChI=1S/C25H37NO6/c1-8-16(4)17(5)23(31-13-19-9-11-20(30-7)12-10-19)22(27)18(6)24(28)26-21(15(2)3)14-32-25(26)29/h8-12,15-18,21-23,27H,1,13-14H2,2-7H3/t16-,17+,18+,21-,22+,23-/m1/s1. The van der Waals surface area contributed by atoms with Crippen LogP contribution in [-0.4, -0.2) is 54.0 Å². The lowest BCUT2D eigenvalue weighted by atomic mass is 9.83. The van der Waals surface area contributed by atoms with Crippen molar-refractivity contribution in [2.45, 2.75) is 59.5 Å². The quantitative estimate of drug-likeness (QED) is 0.516. The Kier molecular flexibility index (Phi) is 9.28. The first kappa shape index (κ1) is 25.9. The van der Waals surface area contributed by atoms with Gasteiger partial charge in [0, 0.05) is 0 Å². The van der Waals surface area contributed by atoms with Crippen molar-refractivity contribution in [3.8, 4) is 5.75 Å². The summed E-state index contributed by atoms with van der Waals surface area (Å²) in [5.74, 6) is -0.556. The number of amides is 2. The zero-order valence-corrected chi connectivity index (χ0v) is 20.0. The van der Waals surface area contributed by atoms with Crippen LogP contribution in [-0.2, 0) is 20.9 Å². The van der Waals surface area contributed by atoms with Gasteiger partial charge in [-0.15, -0.1) is 6.58 Å². The Balaban J connectivity index is 2.19. The van der Waals surface area contributed by atoms with E-state index >= 15 is 0 Å². The van der Waals surface area contributed by atoms with Crippen LogP contribution in [0.15, 0.2) is 36.9 Å². The number of imide groups is 1. The summed E-state index contributed by atoms with van der Waals surface area (Å²) in [5.41, 5.74) is 0.920. The molecule has 2 amide bonds. The Bertz CT molecular complexity index is 777. The van der Waals surface area contributed by atoms with Gasteiger partial charge >= 0.3 is 6.09 Å². The van der Waals surface area contributed by atoms with Crippen molar-refractivity contribution in [1.82, 2.24) is 4.90 Å². The molecule has 0 unspecified atom stereocenters. The van der Waals surface area contributed by atoms with Gasteiger partial charge < -0.3 is 19.3 Å². The van der Waals surface area contributed by atoms with Gasteiger partial charge in [0.15, 0.2) is 0 Å². The number of cyclic esters (lactones) is 1. The number of carbonyl (C=O) groups is 2. The van der Waals surface area contributed by atoms with E-state index in [0.29, 0.717) is 0 Å². The number of aliphatic hydroxyl groups excluding tert-OH is 1. The lowest BCUT2D eigenvalue weighted by molar-refractivity contribution is -0.146. The van der Waals surface area contributed by atoms with Gasteiger partial charge in [-0.1, -0.05) is 52.8 Å². The minimum absolute atomic E-state index is 0.0491. The molecule has 1 aromatic carbocycles. The molecule has 0 spiro atoms. The third kappa shape index (κ3) is 5.90. The maximum absolute atomic E-state index is 13.2. The summed E-state index contributed by atoms with van der Waals surface area (Å²) in [5, 5.41) is 11.2. The number of nitrogens with zero attached hydrogens (tertiary/aromatic N) is 1. The van der Waals surface area contributed by atoms with E-state index in [0.717, 1.165) is 16.2 Å². The van der Waals surface area contributed by atoms with Crippen molar-refractivity contribution in [3.05, 3.63) is 42.5 Å². The first-order chi connectivity index (χ1) is 15.1. The highest BCUT2D eigenvalue weighted by Gasteiger charge is 2.44. The number of carbonyl (C=O) groups excluding carboxylic acids is 2. The number of methoxy groups -OCH3 is 1. The minimum atomic E-state index is -1.11. The number of allylic oxidation sites excluding steroid dienone is 1. The van der Waals surface area contributed by atoms with Crippen LogP contribution in [0.2, 0.25) is 0 Å². The Labute approximate surface area is 191 Å². The topological polar surface area (TPSA) is 85.3 Å². The number of rotatable bonds is 11. The first-order valence-corrected chi connectivity index (χ1v) is 11.2. The average molecular weight is 448 g/mol. The molecule has 0 aromatic heterocycles. The fourth-order valence-corrected chi connectivity index (χ4v) is 3.82. The lowest BCUT2D eigenvalue weighted by Gasteiger charge is -2.35. The SMILES string of the molecule is C=C[C@@H](C)[C@H](C)[C@@H](OCc1ccc(OC)cc1)[C@@H](O)[C@H](C)C(=O)N1C(=O)OC[C@@H]1C(C)C. The molecule has 1 aliphatic heterocycles. The highest BCUT2D eigenvalue weighted by molar-refractivity contribution is 5.95. The summed E-state index contributed by atoms with van der Waals surface area (Å²) in [6.45, 7) is 13.7. The third-order valence-corrected chi connectivity index (χ3v) is 6.47. The van der Waals surface area contributed by atoms with Crippen molar-refractivity contribution in [2.75, 3.05) is 13.7 Å². The molecule has 2 rings (SSSR count). The monoisotopic (exact) mass is 447 g/mol. The average Bonchev–Trinajstić information content (AvgIpc) is 3.19. The second kappa shape index (κ2) is 11.5. The summed E-state index contributed by atoms with van der Waals surface area (Å²) < 4.78 is 16.5. The van der Waals surface area contributed by atoms with Crippen molar-refractivity contribution in [2.24, 2.45) is 23.7 Å². The molecule has 1 saturated heterocycles. The van der Waals surface area contributed by atoms with Gasteiger partial charge in [0.1, 0.15) is 12.4 Å². The zero-order valence-electron chi connectivity index (χ0n) is 20.0. The van der Waals surface area contributed by atoms with E-state index in [2.05, 4.69) is 6.58 Å². The van der Waals surface area contributed by atoms with Crippen LogP contribution < -0.4 is 4.74 Å². The van der Waals surface area contributed by atoms with Crippen LogP contribution in [0.1, 0.15) is 40.2 Å². The molecule has 1 heterocycles. The molecule has 1 N–H and O–H groups in total. The van der Waals surface area contributed by atoms with Crippen LogP contribution >= 0.6 is 0 Å². The molecular weight excluding hydrogens is 410 g/mol. The van der Waals surface area contributed by atoms with E-state index in [1.54, 1.807) is 20.1 Å². The Hall–Kier alpha value is -2.38. The maximum atomic E-state index is 13.2. The minimum Gasteiger partial charge on any atom is -0.497 e. The van der Waals surface area contributed by atoms with Gasteiger partial charge in [-0.25, -0.2) is 9.69 Å². The number of aliphatic hydroxyl groups is 1. The van der Waals surface area contributed by atoms with Crippen molar-refractivity contribution < 1.29 is 28.9 Å². The van der Waals surface area contributed by atoms with E-state index < -0.39 is 30.1 Å². The fourth-order valence-electron chi connectivity index (χ4n) is 3.82. The molecule has 7 nitrogen and oxygen atoms in total. The number of benzene rings is 1. The number of ether oxygens (including phenoxy) is 3. The van der Waals surface area contributed by atoms with Gasteiger partial charge in [-0.05, 0) is 35.4 Å². The predicted octanol–water partition coefficient (Wildman–Crippen LogP) is 4.04. The van der Waals surface area contributed by atoms with Crippen LogP contribution in [0.5, 0.6) is 5.75 Å². The van der Waals surface area contributed by atoms with Crippen molar-refractivity contribution in [3.63, 3.8) is 0 Å². The van der Waals surface area contributed by atoms with Gasteiger partial charge in [-0.3, -0.25) is 4.79 Å². The zero-order chi connectivity index (χ0) is 24.0. The first-order valence-electron chi connectivity index (χ1n) is 11.2. The van der Waals surface area contributed by atoms with Gasteiger partial charge in [0.25, 0.3) is 0 Å². The largest absolute Gasteiger partial charge is 0.497 e. The summed E-state index contributed by atoms with van der Waals surface area (Å²) in [4.78, 5) is 26.6. The normalized spacial score (nSPS) is 20.9. The Morgan fingerprint density at radius 3 is 2.41 bits per heavy atom. The number of hydrogen-bond donors (Lipinski definition) is 1. The smallest absolute Gasteiger partial charge is 0.416 e. The summed E-state index contributed by atoms with van der Waals surface area (Å²) in [7, 11) is 1.61. The molecule has 6 atom stereocenters. The molecule has 0 aliphatic carbocycles. The van der Waals surface area contributed by atoms with E-state index in [1.165, 1.54) is 0 Å². The molecule has 7 heteroatoms. The van der Waals surface area contributed by atoms with Crippen LogP contribution in [0.4, 0.5) is 4.79 Å². The van der Waals surface area contributed by atoms with Crippen LogP contribution in [0, 0.1) is 23.7 Å². The molecule has 32 heavy (non-hydrogen) atoms. The molecule has 0 bridgehead atoms. The third-order valence-electron chi connectivity index (χ3n) is 6.47. The molecule has 1 aromatic rings. The highest BCUT2D eigenvalue weighted by Crippen LogP contribution is 2.29. The molecule has 0 radical (unpaired) electrons. The van der Waals surface area contributed by atoms with Gasteiger partial charge in [0.05, 0.1) is 37.9 Å². The lowest BCUT2D eigenvalue weighted by Crippen LogP contribution is -2.50. The summed E-state index contributed by atoms with van der Waals surface area (Å²) >= 11 is 0. The number of hydrogen-bond acceptors (Lipinski definition) is 6. The van der Waals surface area contributed by atoms with E-state index in [-0.39, 0.29) is 37.0 Å².